The number of nitrogens with one attached hydrogen (secondary N) is 1. The molecule has 1 saturated heterocycles. The van der Waals surface area contributed by atoms with Crippen molar-refractivity contribution in [2.45, 2.75) is 32.3 Å². The standard InChI is InChI=1S/C13H17NO3/c1-9-8-10(5-6-11(9)15)14-13(16)12-4-2-3-7-17-12/h5-6,8,12,15H,2-4,7H2,1H3,(H,14,16). The topological polar surface area (TPSA) is 58.6 Å². The Labute approximate surface area is 101 Å². The van der Waals surface area contributed by atoms with Crippen LogP contribution in [0.4, 0.5) is 5.69 Å². The number of carbonyl (C=O) groups is 1. The molecule has 1 heterocycles. The smallest absolute Gasteiger partial charge is 0.253 e. The third-order valence-electron chi connectivity index (χ3n) is 2.94. The number of ether oxygens (including phenoxy) is 1. The maximum atomic E-state index is 11.9. The molecule has 4 nitrogen and oxygen atoms in total. The normalized spacial score (nSPS) is 19.9. The van der Waals surface area contributed by atoms with Crippen molar-refractivity contribution in [1.82, 2.24) is 0 Å². The number of rotatable bonds is 2. The lowest BCUT2D eigenvalue weighted by Gasteiger charge is -2.21. The SMILES string of the molecule is Cc1cc(NC(=O)C2CCCCO2)ccc1O. The first kappa shape index (κ1) is 11.9. The summed E-state index contributed by atoms with van der Waals surface area (Å²) in [5.41, 5.74) is 1.44. The van der Waals surface area contributed by atoms with Crippen molar-refractivity contribution in [2.75, 3.05) is 11.9 Å². The summed E-state index contributed by atoms with van der Waals surface area (Å²) in [6, 6.07) is 5.01. The van der Waals surface area contributed by atoms with Gasteiger partial charge in [-0.2, -0.15) is 0 Å². The van der Waals surface area contributed by atoms with Gasteiger partial charge in [0, 0.05) is 12.3 Å². The number of hydrogen-bond acceptors (Lipinski definition) is 3. The van der Waals surface area contributed by atoms with Crippen LogP contribution in [0.3, 0.4) is 0 Å². The first-order valence-electron chi connectivity index (χ1n) is 5.89. The summed E-state index contributed by atoms with van der Waals surface area (Å²) in [5, 5.41) is 12.2. The molecule has 1 atom stereocenters. The van der Waals surface area contributed by atoms with Crippen LogP contribution >= 0.6 is 0 Å². The van der Waals surface area contributed by atoms with Gasteiger partial charge in [-0.05, 0) is 49.9 Å². The van der Waals surface area contributed by atoms with Crippen molar-refractivity contribution in [3.8, 4) is 5.75 Å². The van der Waals surface area contributed by atoms with Gasteiger partial charge in [0.05, 0.1) is 0 Å². The number of aryl methyl sites for hydroxylation is 1. The maximum Gasteiger partial charge on any atom is 0.253 e. The molecule has 92 valence electrons. The summed E-state index contributed by atoms with van der Waals surface area (Å²) < 4.78 is 5.40. The number of amides is 1. The van der Waals surface area contributed by atoms with Crippen LogP contribution in [0, 0.1) is 6.92 Å². The van der Waals surface area contributed by atoms with Gasteiger partial charge in [0.2, 0.25) is 0 Å². The Morgan fingerprint density at radius 2 is 2.29 bits per heavy atom. The molecule has 4 heteroatoms. The molecule has 0 aromatic heterocycles. The molecule has 1 aromatic carbocycles. The Morgan fingerprint density at radius 3 is 2.94 bits per heavy atom. The van der Waals surface area contributed by atoms with Crippen LogP contribution < -0.4 is 5.32 Å². The highest BCUT2D eigenvalue weighted by molar-refractivity contribution is 5.94. The average molecular weight is 235 g/mol. The molecule has 2 rings (SSSR count). The van der Waals surface area contributed by atoms with E-state index in [1.54, 1.807) is 25.1 Å². The van der Waals surface area contributed by atoms with E-state index in [1.165, 1.54) is 0 Å². The minimum absolute atomic E-state index is 0.102. The van der Waals surface area contributed by atoms with E-state index in [9.17, 15) is 9.90 Å². The van der Waals surface area contributed by atoms with Crippen molar-refractivity contribution in [2.24, 2.45) is 0 Å². The summed E-state index contributed by atoms with van der Waals surface area (Å²) in [5.74, 6) is 0.131. The van der Waals surface area contributed by atoms with E-state index in [-0.39, 0.29) is 17.8 Å². The average Bonchev–Trinajstić information content (AvgIpc) is 2.35. The van der Waals surface area contributed by atoms with Crippen molar-refractivity contribution in [3.63, 3.8) is 0 Å². The Balaban J connectivity index is 1.99. The summed E-state index contributed by atoms with van der Waals surface area (Å²) in [7, 11) is 0. The van der Waals surface area contributed by atoms with Crippen molar-refractivity contribution >= 4 is 11.6 Å². The lowest BCUT2D eigenvalue weighted by Crippen LogP contribution is -2.33. The molecule has 1 aliphatic heterocycles. The van der Waals surface area contributed by atoms with E-state index >= 15 is 0 Å². The monoisotopic (exact) mass is 235 g/mol. The largest absolute Gasteiger partial charge is 0.508 e. The molecule has 1 aromatic rings. The predicted molar refractivity (Wildman–Crippen MR) is 65.1 cm³/mol. The van der Waals surface area contributed by atoms with Gasteiger partial charge in [0.1, 0.15) is 11.9 Å². The first-order chi connectivity index (χ1) is 8.16. The number of phenols is 1. The number of phenolic OH excluding ortho intramolecular Hbond substituents is 1. The third-order valence-corrected chi connectivity index (χ3v) is 2.94. The molecular weight excluding hydrogens is 218 g/mol. The van der Waals surface area contributed by atoms with Crippen LogP contribution in [-0.2, 0) is 9.53 Å². The van der Waals surface area contributed by atoms with Crippen LogP contribution in [0.1, 0.15) is 24.8 Å². The van der Waals surface area contributed by atoms with Crippen molar-refractivity contribution in [1.29, 1.82) is 0 Å². The fourth-order valence-corrected chi connectivity index (χ4v) is 1.90. The molecule has 0 aliphatic carbocycles. The predicted octanol–water partition coefficient (Wildman–Crippen LogP) is 2.21. The summed E-state index contributed by atoms with van der Waals surface area (Å²) in [6.45, 7) is 2.45. The number of carbonyl (C=O) groups excluding carboxylic acids is 1. The van der Waals surface area contributed by atoms with E-state index in [1.807, 2.05) is 0 Å². The summed E-state index contributed by atoms with van der Waals surface area (Å²) in [4.78, 5) is 11.9. The molecule has 1 amide bonds. The molecule has 1 unspecified atom stereocenters. The Hall–Kier alpha value is -1.55. The number of anilines is 1. The van der Waals surface area contributed by atoms with Crippen LogP contribution in [0.15, 0.2) is 18.2 Å². The number of benzene rings is 1. The summed E-state index contributed by atoms with van der Waals surface area (Å²) >= 11 is 0. The van der Waals surface area contributed by atoms with Gasteiger partial charge in [-0.1, -0.05) is 0 Å². The zero-order valence-electron chi connectivity index (χ0n) is 9.90. The molecule has 0 spiro atoms. The van der Waals surface area contributed by atoms with Gasteiger partial charge in [-0.3, -0.25) is 4.79 Å². The van der Waals surface area contributed by atoms with Crippen LogP contribution in [0.25, 0.3) is 0 Å². The second-order valence-electron chi connectivity index (χ2n) is 4.35. The van der Waals surface area contributed by atoms with Crippen LogP contribution in [0.5, 0.6) is 5.75 Å². The van der Waals surface area contributed by atoms with Crippen LogP contribution in [-0.4, -0.2) is 23.7 Å². The Morgan fingerprint density at radius 1 is 1.47 bits per heavy atom. The Bertz CT molecular complexity index is 411. The maximum absolute atomic E-state index is 11.9. The number of aromatic hydroxyl groups is 1. The molecular formula is C13H17NO3. The van der Waals surface area contributed by atoms with Gasteiger partial charge in [-0.15, -0.1) is 0 Å². The van der Waals surface area contributed by atoms with E-state index in [0.717, 1.165) is 24.8 Å². The van der Waals surface area contributed by atoms with Crippen molar-refractivity contribution < 1.29 is 14.6 Å². The van der Waals surface area contributed by atoms with E-state index < -0.39 is 0 Å². The first-order valence-corrected chi connectivity index (χ1v) is 5.89. The van der Waals surface area contributed by atoms with Crippen molar-refractivity contribution in [3.05, 3.63) is 23.8 Å². The van der Waals surface area contributed by atoms with Gasteiger partial charge >= 0.3 is 0 Å². The highest BCUT2D eigenvalue weighted by atomic mass is 16.5. The minimum atomic E-state index is -0.335. The number of hydrogen-bond donors (Lipinski definition) is 2. The molecule has 0 saturated carbocycles. The minimum Gasteiger partial charge on any atom is -0.508 e. The quantitative estimate of drug-likeness (QED) is 0.773. The summed E-state index contributed by atoms with van der Waals surface area (Å²) in [6.07, 6.45) is 2.51. The fraction of sp³-hybridized carbons (Fsp3) is 0.462. The molecule has 2 N–H and O–H groups in total. The van der Waals surface area contributed by atoms with E-state index in [2.05, 4.69) is 5.32 Å². The lowest BCUT2D eigenvalue weighted by molar-refractivity contribution is -0.129. The Kier molecular flexibility index (Phi) is 3.64. The van der Waals surface area contributed by atoms with Gasteiger partial charge in [-0.25, -0.2) is 0 Å². The zero-order valence-corrected chi connectivity index (χ0v) is 9.90. The van der Waals surface area contributed by atoms with E-state index in [4.69, 9.17) is 4.74 Å². The molecule has 0 radical (unpaired) electrons. The van der Waals surface area contributed by atoms with Gasteiger partial charge < -0.3 is 15.2 Å². The van der Waals surface area contributed by atoms with E-state index in [0.29, 0.717) is 12.3 Å². The molecule has 1 fully saturated rings. The molecule has 1 aliphatic rings. The fourth-order valence-electron chi connectivity index (χ4n) is 1.90. The second kappa shape index (κ2) is 5.19. The highest BCUT2D eigenvalue weighted by Crippen LogP contribution is 2.21. The third kappa shape index (κ3) is 2.97. The van der Waals surface area contributed by atoms with Crippen LogP contribution in [0.2, 0.25) is 0 Å². The van der Waals surface area contributed by atoms with Gasteiger partial charge in [0.15, 0.2) is 0 Å². The second-order valence-corrected chi connectivity index (χ2v) is 4.35. The lowest BCUT2D eigenvalue weighted by atomic mass is 10.1. The molecule has 17 heavy (non-hydrogen) atoms. The van der Waals surface area contributed by atoms with Gasteiger partial charge in [0.25, 0.3) is 5.91 Å². The zero-order chi connectivity index (χ0) is 12.3. The molecule has 0 bridgehead atoms. The highest BCUT2D eigenvalue weighted by Gasteiger charge is 2.21.